The summed E-state index contributed by atoms with van der Waals surface area (Å²) < 4.78 is 4.00. The van der Waals surface area contributed by atoms with E-state index in [9.17, 15) is 0 Å². The van der Waals surface area contributed by atoms with Gasteiger partial charge in [-0.05, 0) is 6.82 Å². The zero-order valence-electron chi connectivity index (χ0n) is 5.20. The summed E-state index contributed by atoms with van der Waals surface area (Å²) in [5.74, 6) is 0. The molecule has 0 spiro atoms. The molecule has 0 aliphatic carbocycles. The van der Waals surface area contributed by atoms with E-state index in [0.29, 0.717) is 0 Å². The van der Waals surface area contributed by atoms with Crippen molar-refractivity contribution in [1.29, 1.82) is 0 Å². The summed E-state index contributed by atoms with van der Waals surface area (Å²) in [7, 11) is 4.00. The highest BCUT2D eigenvalue weighted by Gasteiger charge is 2.01. The highest BCUT2D eigenvalue weighted by atomic mass is 15.3. The third kappa shape index (κ3) is 0.758. The van der Waals surface area contributed by atoms with E-state index in [1.54, 1.807) is 0 Å². The molecule has 1 aromatic heterocycles. The van der Waals surface area contributed by atoms with E-state index in [4.69, 9.17) is 0 Å². The SMILES string of the molecule is C[B][n+]1cccn1C. The molecule has 8 heavy (non-hydrogen) atoms. The molecule has 0 N–H and O–H groups in total. The standard InChI is InChI=1S/C5H9BN2/c1-6-8-5-3-4-7(8)2/h3-5H,1-2H3/q+1. The number of rotatable bonds is 1. The Morgan fingerprint density at radius 2 is 2.38 bits per heavy atom. The summed E-state index contributed by atoms with van der Waals surface area (Å²) in [5.41, 5.74) is 0. The maximum atomic E-state index is 2.00. The van der Waals surface area contributed by atoms with Gasteiger partial charge in [0.05, 0.1) is 13.2 Å². The average Bonchev–Trinajstić information content (AvgIpc) is 2.14. The first-order valence-electron chi connectivity index (χ1n) is 2.67. The van der Waals surface area contributed by atoms with Crippen LogP contribution in [-0.2, 0) is 7.05 Å². The van der Waals surface area contributed by atoms with Crippen LogP contribution in [0.4, 0.5) is 0 Å². The van der Waals surface area contributed by atoms with Crippen molar-refractivity contribution in [3.8, 4) is 0 Å². The minimum absolute atomic E-state index is 2.00. The Hall–Kier alpha value is -0.725. The third-order valence-electron chi connectivity index (χ3n) is 1.17. The fourth-order valence-corrected chi connectivity index (χ4v) is 0.702. The van der Waals surface area contributed by atoms with Crippen molar-refractivity contribution in [3.63, 3.8) is 0 Å². The number of hydrogen-bond donors (Lipinski definition) is 0. The summed E-state index contributed by atoms with van der Waals surface area (Å²) in [5, 5.41) is 0. The molecule has 0 unspecified atom stereocenters. The van der Waals surface area contributed by atoms with Crippen LogP contribution in [0.3, 0.4) is 0 Å². The van der Waals surface area contributed by atoms with Crippen molar-refractivity contribution in [3.05, 3.63) is 18.5 Å². The van der Waals surface area contributed by atoms with E-state index < -0.39 is 0 Å². The van der Waals surface area contributed by atoms with Crippen LogP contribution in [0, 0.1) is 0 Å². The second kappa shape index (κ2) is 2.03. The number of nitrogens with zero attached hydrogens (tertiary/aromatic N) is 2. The molecule has 1 rings (SSSR count). The second-order valence-electron chi connectivity index (χ2n) is 1.70. The molecule has 0 amide bonds. The zero-order chi connectivity index (χ0) is 5.98. The van der Waals surface area contributed by atoms with Gasteiger partial charge in [-0.15, -0.1) is 0 Å². The largest absolute Gasteiger partial charge is 0.561 e. The fourth-order valence-electron chi connectivity index (χ4n) is 0.702. The number of hydrogen-bond acceptors (Lipinski definition) is 0. The van der Waals surface area contributed by atoms with Gasteiger partial charge < -0.3 is 0 Å². The summed E-state index contributed by atoms with van der Waals surface area (Å²) in [6.45, 7) is 2.00. The van der Waals surface area contributed by atoms with Crippen LogP contribution < -0.4 is 4.59 Å². The first-order valence-corrected chi connectivity index (χ1v) is 2.67. The number of aryl methyl sites for hydroxylation is 1. The number of aromatic nitrogens is 2. The topological polar surface area (TPSA) is 8.81 Å². The molecular weight excluding hydrogens is 98.9 g/mol. The van der Waals surface area contributed by atoms with E-state index in [1.165, 1.54) is 0 Å². The van der Waals surface area contributed by atoms with Crippen LogP contribution in [0.1, 0.15) is 0 Å². The van der Waals surface area contributed by atoms with Crippen molar-refractivity contribution in [2.45, 2.75) is 6.82 Å². The van der Waals surface area contributed by atoms with Crippen LogP contribution in [-0.4, -0.2) is 12.1 Å². The van der Waals surface area contributed by atoms with Crippen molar-refractivity contribution in [2.24, 2.45) is 7.05 Å². The van der Waals surface area contributed by atoms with E-state index in [1.807, 2.05) is 49.0 Å². The lowest BCUT2D eigenvalue weighted by molar-refractivity contribution is -0.622. The Balaban J connectivity index is 2.92. The fraction of sp³-hybridized carbons (Fsp3) is 0.400. The van der Waals surface area contributed by atoms with Gasteiger partial charge >= 0.3 is 7.41 Å². The Morgan fingerprint density at radius 3 is 2.62 bits per heavy atom. The van der Waals surface area contributed by atoms with Gasteiger partial charge in [-0.2, -0.15) is 9.27 Å². The molecule has 0 aliphatic heterocycles. The van der Waals surface area contributed by atoms with Gasteiger partial charge in [-0.25, -0.2) is 0 Å². The van der Waals surface area contributed by atoms with Gasteiger partial charge in [0.1, 0.15) is 0 Å². The average molecular weight is 108 g/mol. The summed E-state index contributed by atoms with van der Waals surface area (Å²) in [6, 6.07) is 2.00. The first kappa shape index (κ1) is 5.41. The Bertz CT molecular complexity index is 171. The summed E-state index contributed by atoms with van der Waals surface area (Å²) >= 11 is 0. The molecule has 0 saturated heterocycles. The minimum Gasteiger partial charge on any atom is -0.197 e. The van der Waals surface area contributed by atoms with Crippen LogP contribution in [0.5, 0.6) is 0 Å². The van der Waals surface area contributed by atoms with Crippen molar-refractivity contribution >= 4 is 7.41 Å². The van der Waals surface area contributed by atoms with Crippen molar-refractivity contribution in [1.82, 2.24) is 4.68 Å². The molecule has 0 bridgehead atoms. The lowest BCUT2D eigenvalue weighted by atomic mass is 10.0. The van der Waals surface area contributed by atoms with Gasteiger partial charge in [-0.1, -0.05) is 0 Å². The van der Waals surface area contributed by atoms with E-state index in [0.717, 1.165) is 0 Å². The van der Waals surface area contributed by atoms with Crippen LogP contribution in [0.15, 0.2) is 18.5 Å². The molecule has 1 heterocycles. The summed E-state index contributed by atoms with van der Waals surface area (Å²) in [6.07, 6.45) is 4.00. The third-order valence-corrected chi connectivity index (χ3v) is 1.17. The van der Waals surface area contributed by atoms with Gasteiger partial charge in [-0.3, -0.25) is 0 Å². The molecule has 0 atom stereocenters. The zero-order valence-corrected chi connectivity index (χ0v) is 5.20. The highest BCUT2D eigenvalue weighted by Crippen LogP contribution is 1.72. The van der Waals surface area contributed by atoms with E-state index >= 15 is 0 Å². The van der Waals surface area contributed by atoms with Gasteiger partial charge in [0, 0.05) is 6.07 Å². The normalized spacial score (nSPS) is 9.25. The predicted molar refractivity (Wildman–Crippen MR) is 32.6 cm³/mol. The van der Waals surface area contributed by atoms with Gasteiger partial charge in [0.15, 0.2) is 6.20 Å². The smallest absolute Gasteiger partial charge is 0.197 e. The van der Waals surface area contributed by atoms with Crippen molar-refractivity contribution < 1.29 is 4.59 Å². The maximum absolute atomic E-state index is 2.00. The van der Waals surface area contributed by atoms with Gasteiger partial charge in [0.25, 0.3) is 0 Å². The maximum Gasteiger partial charge on any atom is 0.561 e. The predicted octanol–water partition coefficient (Wildman–Crippen LogP) is -0.172. The van der Waals surface area contributed by atoms with Gasteiger partial charge in [0.2, 0.25) is 0 Å². The highest BCUT2D eigenvalue weighted by molar-refractivity contribution is 6.21. The Labute approximate surface area is 50.0 Å². The lowest BCUT2D eigenvalue weighted by Crippen LogP contribution is -2.44. The molecule has 1 radical (unpaired) electrons. The monoisotopic (exact) mass is 108 g/mol. The molecule has 0 saturated carbocycles. The van der Waals surface area contributed by atoms with Crippen molar-refractivity contribution in [2.75, 3.05) is 0 Å². The van der Waals surface area contributed by atoms with E-state index in [-0.39, 0.29) is 0 Å². The summed E-state index contributed by atoms with van der Waals surface area (Å²) in [4.78, 5) is 0. The Kier molecular flexibility index (Phi) is 1.37. The molecule has 0 aromatic carbocycles. The molecule has 2 nitrogen and oxygen atoms in total. The van der Waals surface area contributed by atoms with E-state index in [2.05, 4.69) is 0 Å². The quantitative estimate of drug-likeness (QED) is 0.441. The molecule has 0 fully saturated rings. The van der Waals surface area contributed by atoms with Crippen LogP contribution in [0.25, 0.3) is 0 Å². The Morgan fingerprint density at radius 1 is 1.62 bits per heavy atom. The molecule has 3 heteroatoms. The van der Waals surface area contributed by atoms with Crippen LogP contribution >= 0.6 is 0 Å². The minimum atomic E-state index is 2.00. The molecule has 0 aliphatic rings. The molecule has 1 aromatic rings. The second-order valence-corrected chi connectivity index (χ2v) is 1.70. The molecule has 41 valence electrons. The first-order chi connectivity index (χ1) is 3.84. The molecular formula is C5H9BN2+. The van der Waals surface area contributed by atoms with Crippen LogP contribution in [0.2, 0.25) is 6.82 Å². The lowest BCUT2D eigenvalue weighted by Gasteiger charge is -1.87.